The Labute approximate surface area is 215 Å². The SMILES string of the molecule is C=C(C)/C(C)=C\C=C(C)C.CC.CCCCc1ccc(B2OCc3cc(F)ccc32)cc1.COC. The molecule has 4 heteroatoms. The summed E-state index contributed by atoms with van der Waals surface area (Å²) in [5.41, 5.74) is 8.28. The molecule has 0 saturated heterocycles. The summed E-state index contributed by atoms with van der Waals surface area (Å²) in [4.78, 5) is 0. The molecule has 0 aliphatic carbocycles. The fourth-order valence-corrected chi connectivity index (χ4v) is 3.17. The molecule has 0 saturated carbocycles. The van der Waals surface area contributed by atoms with E-state index in [-0.39, 0.29) is 12.7 Å². The zero-order valence-electron chi connectivity index (χ0n) is 23.5. The molecule has 2 aromatic rings. The normalized spacial score (nSPS) is 11.6. The highest BCUT2D eigenvalue weighted by Gasteiger charge is 2.29. The van der Waals surface area contributed by atoms with E-state index in [2.05, 4.69) is 75.4 Å². The van der Waals surface area contributed by atoms with Crippen LogP contribution >= 0.6 is 0 Å². The Morgan fingerprint density at radius 1 is 1.03 bits per heavy atom. The molecule has 0 spiro atoms. The molecule has 1 heterocycles. The Morgan fingerprint density at radius 3 is 2.14 bits per heavy atom. The number of ether oxygens (including phenoxy) is 1. The van der Waals surface area contributed by atoms with Gasteiger partial charge in [-0.15, -0.1) is 0 Å². The molecule has 1 aliphatic rings. The minimum absolute atomic E-state index is 0.0502. The Balaban J connectivity index is 0.000000653. The van der Waals surface area contributed by atoms with Crippen molar-refractivity contribution in [1.82, 2.24) is 0 Å². The van der Waals surface area contributed by atoms with Gasteiger partial charge in [0, 0.05) is 14.2 Å². The van der Waals surface area contributed by atoms with E-state index in [9.17, 15) is 4.39 Å². The largest absolute Gasteiger partial charge is 0.423 e. The summed E-state index contributed by atoms with van der Waals surface area (Å²) < 4.78 is 23.3. The Bertz CT molecular complexity index is 925. The van der Waals surface area contributed by atoms with Crippen molar-refractivity contribution in [2.75, 3.05) is 14.2 Å². The summed E-state index contributed by atoms with van der Waals surface area (Å²) >= 11 is 0. The average Bonchev–Trinajstić information content (AvgIpc) is 3.26. The van der Waals surface area contributed by atoms with Crippen molar-refractivity contribution in [3.8, 4) is 0 Å². The van der Waals surface area contributed by atoms with Gasteiger partial charge in [-0.1, -0.05) is 87.4 Å². The smallest absolute Gasteiger partial charge is 0.362 e. The Kier molecular flexibility index (Phi) is 17.5. The van der Waals surface area contributed by atoms with Crippen molar-refractivity contribution in [1.29, 1.82) is 0 Å². The lowest BCUT2D eigenvalue weighted by Gasteiger charge is -2.08. The highest BCUT2D eigenvalue weighted by molar-refractivity contribution is 6.81. The van der Waals surface area contributed by atoms with E-state index in [4.69, 9.17) is 4.65 Å². The molecule has 35 heavy (non-hydrogen) atoms. The van der Waals surface area contributed by atoms with Gasteiger partial charge >= 0.3 is 6.92 Å². The van der Waals surface area contributed by atoms with Crippen LogP contribution in [-0.4, -0.2) is 21.1 Å². The van der Waals surface area contributed by atoms with Gasteiger partial charge in [-0.05, 0) is 80.3 Å². The lowest BCUT2D eigenvalue weighted by Crippen LogP contribution is -2.41. The fraction of sp³-hybridized carbons (Fsp3) is 0.419. The third-order valence-corrected chi connectivity index (χ3v) is 5.23. The molecule has 0 bridgehead atoms. The number of rotatable bonds is 6. The average molecular weight is 481 g/mol. The standard InChI is InChI=1S/C17H18BFO.C10H16.C2H6O.C2H6/c1-2-3-4-13-5-7-15(8-6-13)18-17-10-9-16(19)11-14(17)12-20-18;1-8(2)6-7-10(5)9(3)4;1-3-2;1-2/h5-11H,2-4,12H2,1H3;6-7H,3H2,1-2,4-5H3;1-2H3;1-2H3/b;10-7-;;. The summed E-state index contributed by atoms with van der Waals surface area (Å²) in [6, 6.07) is 13.5. The number of unbranched alkanes of at least 4 members (excludes halogenated alkanes) is 1. The van der Waals surface area contributed by atoms with E-state index in [0.717, 1.165) is 28.5 Å². The fourth-order valence-electron chi connectivity index (χ4n) is 3.17. The van der Waals surface area contributed by atoms with Crippen LogP contribution in [0.2, 0.25) is 0 Å². The number of benzene rings is 2. The van der Waals surface area contributed by atoms with Gasteiger partial charge < -0.3 is 9.39 Å². The van der Waals surface area contributed by atoms with E-state index in [0.29, 0.717) is 6.61 Å². The minimum Gasteiger partial charge on any atom is -0.423 e. The van der Waals surface area contributed by atoms with Gasteiger partial charge in [0.25, 0.3) is 0 Å². The second-order valence-electron chi connectivity index (χ2n) is 8.66. The number of methoxy groups -OCH3 is 1. The second kappa shape index (κ2) is 18.8. The molecule has 2 nitrogen and oxygen atoms in total. The first-order chi connectivity index (χ1) is 16.7. The number of halogens is 1. The molecule has 0 N–H and O–H groups in total. The first kappa shape index (κ1) is 32.6. The maximum absolute atomic E-state index is 13.2. The van der Waals surface area contributed by atoms with Gasteiger partial charge in [-0.25, -0.2) is 4.39 Å². The second-order valence-corrected chi connectivity index (χ2v) is 8.66. The van der Waals surface area contributed by atoms with Gasteiger partial charge in [0.15, 0.2) is 0 Å². The van der Waals surface area contributed by atoms with Crippen molar-refractivity contribution in [3.05, 3.63) is 94.9 Å². The van der Waals surface area contributed by atoms with E-state index in [1.54, 1.807) is 20.3 Å². The monoisotopic (exact) mass is 480 g/mol. The van der Waals surface area contributed by atoms with Crippen LogP contribution in [0.1, 0.15) is 72.4 Å². The minimum atomic E-state index is -0.192. The molecule has 0 aromatic heterocycles. The van der Waals surface area contributed by atoms with Crippen LogP contribution in [0.15, 0.2) is 77.9 Å². The quantitative estimate of drug-likeness (QED) is 0.314. The third-order valence-electron chi connectivity index (χ3n) is 5.23. The molecule has 1 aliphatic heterocycles. The van der Waals surface area contributed by atoms with Crippen molar-refractivity contribution in [3.63, 3.8) is 0 Å². The topological polar surface area (TPSA) is 18.5 Å². The van der Waals surface area contributed by atoms with Crippen molar-refractivity contribution in [2.45, 2.75) is 74.3 Å². The molecular formula is C31H46BFO2. The molecule has 0 unspecified atom stereocenters. The highest BCUT2D eigenvalue weighted by Crippen LogP contribution is 2.13. The van der Waals surface area contributed by atoms with Gasteiger partial charge in [0.05, 0.1) is 6.61 Å². The number of hydrogen-bond donors (Lipinski definition) is 0. The van der Waals surface area contributed by atoms with Gasteiger partial charge in [-0.3, -0.25) is 0 Å². The zero-order chi connectivity index (χ0) is 26.8. The lowest BCUT2D eigenvalue weighted by molar-refractivity contribution is 0.277. The van der Waals surface area contributed by atoms with E-state index < -0.39 is 0 Å². The van der Waals surface area contributed by atoms with Crippen LogP contribution in [0.25, 0.3) is 0 Å². The predicted octanol–water partition coefficient (Wildman–Crippen LogP) is 7.57. The van der Waals surface area contributed by atoms with Gasteiger partial charge in [0.2, 0.25) is 0 Å². The van der Waals surface area contributed by atoms with E-state index in [1.807, 2.05) is 26.8 Å². The van der Waals surface area contributed by atoms with Crippen LogP contribution in [0.5, 0.6) is 0 Å². The maximum atomic E-state index is 13.2. The number of fused-ring (bicyclic) bond motifs is 1. The van der Waals surface area contributed by atoms with Crippen LogP contribution < -0.4 is 10.9 Å². The predicted molar refractivity (Wildman–Crippen MR) is 154 cm³/mol. The number of hydrogen-bond acceptors (Lipinski definition) is 2. The van der Waals surface area contributed by atoms with Crippen molar-refractivity contribution in [2.24, 2.45) is 0 Å². The Hall–Kier alpha value is -2.43. The molecule has 0 fully saturated rings. The first-order valence-corrected chi connectivity index (χ1v) is 12.6. The van der Waals surface area contributed by atoms with Crippen LogP contribution in [0.4, 0.5) is 4.39 Å². The van der Waals surface area contributed by atoms with Crippen LogP contribution in [0.3, 0.4) is 0 Å². The van der Waals surface area contributed by atoms with Crippen molar-refractivity contribution < 1.29 is 13.8 Å². The summed E-state index contributed by atoms with van der Waals surface area (Å²) in [5.74, 6) is -0.192. The summed E-state index contributed by atoms with van der Waals surface area (Å²) in [6.45, 7) is 18.7. The van der Waals surface area contributed by atoms with E-state index in [1.165, 1.54) is 35.6 Å². The molecule has 0 atom stereocenters. The third kappa shape index (κ3) is 12.7. The molecule has 0 amide bonds. The molecule has 0 radical (unpaired) electrons. The molecule has 3 rings (SSSR count). The summed E-state index contributed by atoms with van der Waals surface area (Å²) in [7, 11) is 3.25. The molecular weight excluding hydrogens is 434 g/mol. The highest BCUT2D eigenvalue weighted by atomic mass is 19.1. The van der Waals surface area contributed by atoms with E-state index >= 15 is 0 Å². The van der Waals surface area contributed by atoms with Gasteiger partial charge in [-0.2, -0.15) is 0 Å². The Morgan fingerprint density at radius 2 is 1.63 bits per heavy atom. The zero-order valence-corrected chi connectivity index (χ0v) is 23.5. The first-order valence-electron chi connectivity index (χ1n) is 12.6. The van der Waals surface area contributed by atoms with Crippen LogP contribution in [-0.2, 0) is 22.4 Å². The number of aryl methyl sites for hydroxylation is 1. The van der Waals surface area contributed by atoms with Crippen molar-refractivity contribution >= 4 is 17.8 Å². The summed E-state index contributed by atoms with van der Waals surface area (Å²) in [6.07, 6.45) is 7.76. The molecule has 192 valence electrons. The lowest BCUT2D eigenvalue weighted by atomic mass is 9.56. The van der Waals surface area contributed by atoms with Crippen LogP contribution in [0, 0.1) is 5.82 Å². The van der Waals surface area contributed by atoms with Gasteiger partial charge in [0.1, 0.15) is 5.82 Å². The maximum Gasteiger partial charge on any atom is 0.362 e. The summed E-state index contributed by atoms with van der Waals surface area (Å²) in [5, 5.41) is 0. The molecule has 2 aromatic carbocycles. The number of allylic oxidation sites excluding steroid dienone is 5.